The van der Waals surface area contributed by atoms with Gasteiger partial charge in [0.05, 0.1) is 23.1 Å². The lowest BCUT2D eigenvalue weighted by atomic mass is 9.98. The van der Waals surface area contributed by atoms with Gasteiger partial charge < -0.3 is 14.1 Å². The van der Waals surface area contributed by atoms with Crippen LogP contribution in [0, 0.1) is 0 Å². The van der Waals surface area contributed by atoms with Crippen molar-refractivity contribution in [3.63, 3.8) is 0 Å². The van der Waals surface area contributed by atoms with Gasteiger partial charge in [-0.25, -0.2) is 0 Å². The van der Waals surface area contributed by atoms with Crippen LogP contribution >= 0.6 is 27.5 Å². The highest BCUT2D eigenvalue weighted by Gasteiger charge is 2.42. The Morgan fingerprint density at radius 1 is 1.20 bits per heavy atom. The maximum absolute atomic E-state index is 13.4. The molecular weight excluding hydrogens is 470 g/mol. The molecule has 0 fully saturated rings. The summed E-state index contributed by atoms with van der Waals surface area (Å²) in [6.45, 7) is 4.92. The molecule has 0 bridgehead atoms. The summed E-state index contributed by atoms with van der Waals surface area (Å²) in [6, 6.07) is 12.0. The average Bonchev–Trinajstić information content (AvgIpc) is 2.98. The number of amides is 1. The number of halogens is 2. The van der Waals surface area contributed by atoms with Gasteiger partial charge in [0.25, 0.3) is 5.91 Å². The maximum atomic E-state index is 13.4. The zero-order valence-corrected chi connectivity index (χ0v) is 19.0. The Labute approximate surface area is 187 Å². The molecule has 0 aliphatic carbocycles. The average molecular weight is 491 g/mol. The summed E-state index contributed by atoms with van der Waals surface area (Å²) in [5.41, 5.74) is 1.33. The minimum Gasteiger partial charge on any atom is -0.450 e. The fraction of sp³-hybridized carbons (Fsp3) is 0.304. The van der Waals surface area contributed by atoms with E-state index >= 15 is 0 Å². The first-order valence-electron chi connectivity index (χ1n) is 9.81. The van der Waals surface area contributed by atoms with Crippen LogP contribution in [0.3, 0.4) is 0 Å². The third-order valence-corrected chi connectivity index (χ3v) is 5.82. The highest BCUT2D eigenvalue weighted by molar-refractivity contribution is 9.10. The number of hydrogen-bond donors (Lipinski definition) is 0. The molecule has 1 aromatic heterocycles. The predicted octanol–water partition coefficient (Wildman–Crippen LogP) is 5.57. The second kappa shape index (κ2) is 8.53. The van der Waals surface area contributed by atoms with Crippen molar-refractivity contribution in [1.82, 2.24) is 4.90 Å². The Balaban J connectivity index is 1.83. The van der Waals surface area contributed by atoms with E-state index in [0.29, 0.717) is 41.1 Å². The van der Waals surface area contributed by atoms with Gasteiger partial charge in [-0.1, -0.05) is 39.7 Å². The van der Waals surface area contributed by atoms with Crippen LogP contribution < -0.4 is 5.43 Å². The molecule has 1 atom stereocenters. The first-order valence-corrected chi connectivity index (χ1v) is 11.0. The van der Waals surface area contributed by atoms with Crippen LogP contribution in [-0.2, 0) is 4.74 Å². The monoisotopic (exact) mass is 489 g/mol. The van der Waals surface area contributed by atoms with Crippen molar-refractivity contribution >= 4 is 44.4 Å². The van der Waals surface area contributed by atoms with Crippen molar-refractivity contribution in [3.8, 4) is 0 Å². The number of hydrogen-bond acceptors (Lipinski definition) is 4. The summed E-state index contributed by atoms with van der Waals surface area (Å²) >= 11 is 9.59. The Hall–Kier alpha value is -2.15. The number of carbonyl (C=O) groups excluding carboxylic acids is 1. The van der Waals surface area contributed by atoms with E-state index in [4.69, 9.17) is 20.8 Å². The van der Waals surface area contributed by atoms with E-state index < -0.39 is 6.04 Å². The Bertz CT molecular complexity index is 1170. The molecule has 5 nitrogen and oxygen atoms in total. The third kappa shape index (κ3) is 3.92. The normalized spacial score (nSPS) is 16.0. The van der Waals surface area contributed by atoms with E-state index in [2.05, 4.69) is 15.9 Å². The van der Waals surface area contributed by atoms with Gasteiger partial charge in [-0.2, -0.15) is 0 Å². The van der Waals surface area contributed by atoms with Gasteiger partial charge in [0, 0.05) is 22.6 Å². The zero-order valence-electron chi connectivity index (χ0n) is 16.7. The highest BCUT2D eigenvalue weighted by atomic mass is 79.9. The van der Waals surface area contributed by atoms with E-state index in [-0.39, 0.29) is 23.2 Å². The van der Waals surface area contributed by atoms with Crippen LogP contribution in [0.2, 0.25) is 5.02 Å². The van der Waals surface area contributed by atoms with Crippen molar-refractivity contribution in [2.24, 2.45) is 0 Å². The molecule has 1 aliphatic heterocycles. The molecule has 0 saturated heterocycles. The number of nitrogens with zero attached hydrogens (tertiary/aromatic N) is 1. The molecule has 30 heavy (non-hydrogen) atoms. The number of carbonyl (C=O) groups is 1. The van der Waals surface area contributed by atoms with E-state index in [1.165, 1.54) is 0 Å². The maximum Gasteiger partial charge on any atom is 0.290 e. The predicted molar refractivity (Wildman–Crippen MR) is 120 cm³/mol. The summed E-state index contributed by atoms with van der Waals surface area (Å²) in [6.07, 6.45) is 0.776. The number of benzene rings is 2. The van der Waals surface area contributed by atoms with Crippen LogP contribution in [-0.4, -0.2) is 30.1 Å². The molecule has 0 saturated carbocycles. The van der Waals surface area contributed by atoms with Gasteiger partial charge >= 0.3 is 0 Å². The number of rotatable bonds is 6. The largest absolute Gasteiger partial charge is 0.450 e. The standard InChI is InChI=1S/C23H21BrClNO4/c1-13(2)29-10-4-9-26-20(14-5-3-6-15(24)11-14)19-21(27)17-12-16(25)7-8-18(17)30-22(19)23(26)28/h3,5-8,11-13,20H,4,9-10H2,1-2H3. The quantitative estimate of drug-likeness (QED) is 0.424. The van der Waals surface area contributed by atoms with Crippen molar-refractivity contribution in [2.75, 3.05) is 13.2 Å². The molecule has 0 radical (unpaired) electrons. The smallest absolute Gasteiger partial charge is 0.290 e. The molecule has 1 unspecified atom stereocenters. The molecular formula is C23H21BrClNO4. The molecule has 4 rings (SSSR count). The third-order valence-electron chi connectivity index (χ3n) is 5.09. The fourth-order valence-corrected chi connectivity index (χ4v) is 4.39. The number of ether oxygens (including phenoxy) is 1. The zero-order chi connectivity index (χ0) is 21.4. The van der Waals surface area contributed by atoms with Crippen LogP contribution in [0.25, 0.3) is 11.0 Å². The van der Waals surface area contributed by atoms with E-state index in [1.807, 2.05) is 38.1 Å². The molecule has 3 aromatic rings. The van der Waals surface area contributed by atoms with Gasteiger partial charge in [-0.05, 0) is 56.2 Å². The summed E-state index contributed by atoms with van der Waals surface area (Å²) in [5, 5.41) is 0.819. The van der Waals surface area contributed by atoms with Crippen LogP contribution in [0.1, 0.15) is 48.0 Å². The van der Waals surface area contributed by atoms with Crippen LogP contribution in [0.5, 0.6) is 0 Å². The van der Waals surface area contributed by atoms with Gasteiger partial charge in [0.1, 0.15) is 5.58 Å². The molecule has 7 heteroatoms. The lowest BCUT2D eigenvalue weighted by Gasteiger charge is -2.25. The van der Waals surface area contributed by atoms with Gasteiger partial charge in [-0.3, -0.25) is 9.59 Å². The SMILES string of the molecule is CC(C)OCCCN1C(=O)c2oc3ccc(Cl)cc3c(=O)c2C1c1cccc(Br)c1. The minimum atomic E-state index is -0.524. The molecule has 0 N–H and O–H groups in total. The Morgan fingerprint density at radius 3 is 2.73 bits per heavy atom. The lowest BCUT2D eigenvalue weighted by Crippen LogP contribution is -2.31. The van der Waals surface area contributed by atoms with E-state index in [0.717, 1.165) is 10.0 Å². The van der Waals surface area contributed by atoms with Crippen molar-refractivity contribution in [2.45, 2.75) is 32.4 Å². The molecule has 1 amide bonds. The van der Waals surface area contributed by atoms with Gasteiger partial charge in [0.2, 0.25) is 5.76 Å². The molecule has 2 heterocycles. The summed E-state index contributed by atoms with van der Waals surface area (Å²) in [4.78, 5) is 28.4. The first kappa shape index (κ1) is 21.1. The fourth-order valence-electron chi connectivity index (χ4n) is 3.80. The van der Waals surface area contributed by atoms with Gasteiger partial charge in [0.15, 0.2) is 5.43 Å². The molecule has 156 valence electrons. The van der Waals surface area contributed by atoms with E-state index in [1.54, 1.807) is 23.1 Å². The molecule has 0 spiro atoms. The first-order chi connectivity index (χ1) is 14.4. The topological polar surface area (TPSA) is 59.8 Å². The Kier molecular flexibility index (Phi) is 6.00. The molecule has 1 aliphatic rings. The van der Waals surface area contributed by atoms with Crippen molar-refractivity contribution in [1.29, 1.82) is 0 Å². The number of fused-ring (bicyclic) bond motifs is 2. The van der Waals surface area contributed by atoms with E-state index in [9.17, 15) is 9.59 Å². The summed E-state index contributed by atoms with van der Waals surface area (Å²) in [7, 11) is 0. The van der Waals surface area contributed by atoms with Crippen molar-refractivity contribution in [3.05, 3.63) is 79.1 Å². The lowest BCUT2D eigenvalue weighted by molar-refractivity contribution is 0.0593. The highest BCUT2D eigenvalue weighted by Crippen LogP contribution is 2.39. The van der Waals surface area contributed by atoms with Crippen LogP contribution in [0.4, 0.5) is 0 Å². The summed E-state index contributed by atoms with van der Waals surface area (Å²) in [5.74, 6) is -0.182. The Morgan fingerprint density at radius 2 is 2.00 bits per heavy atom. The van der Waals surface area contributed by atoms with Crippen molar-refractivity contribution < 1.29 is 13.9 Å². The summed E-state index contributed by atoms with van der Waals surface area (Å²) < 4.78 is 12.4. The minimum absolute atomic E-state index is 0.101. The second-order valence-electron chi connectivity index (χ2n) is 7.54. The van der Waals surface area contributed by atoms with Gasteiger partial charge in [-0.15, -0.1) is 0 Å². The van der Waals surface area contributed by atoms with Crippen LogP contribution in [0.15, 0.2) is 56.1 Å². The molecule has 2 aromatic carbocycles. The second-order valence-corrected chi connectivity index (χ2v) is 8.90.